The maximum atomic E-state index is 13.0. The van der Waals surface area contributed by atoms with Crippen molar-refractivity contribution in [3.8, 4) is 0 Å². The molecule has 1 aliphatic carbocycles. The molecule has 134 valence electrons. The van der Waals surface area contributed by atoms with Gasteiger partial charge in [-0.25, -0.2) is 9.69 Å². The van der Waals surface area contributed by atoms with Crippen molar-refractivity contribution < 1.29 is 19.4 Å². The van der Waals surface area contributed by atoms with E-state index in [4.69, 9.17) is 4.74 Å². The lowest BCUT2D eigenvalue weighted by Crippen LogP contribution is -2.40. The van der Waals surface area contributed by atoms with Crippen molar-refractivity contribution in [1.29, 1.82) is 0 Å². The van der Waals surface area contributed by atoms with Crippen molar-refractivity contribution in [2.24, 2.45) is 5.92 Å². The first kappa shape index (κ1) is 16.8. The Morgan fingerprint density at radius 2 is 1.88 bits per heavy atom. The standard InChI is InChI=1S/C21H21NO4/c23-13-16(11-10-14-6-2-1-3-7-14)20(24)22-19-17-9-5-4-8-15(17)12-18(19)26-21(22)25/h1-9,16,18-19,23H,10-13H2/t16-,18-,19+/m0/s1. The van der Waals surface area contributed by atoms with Gasteiger partial charge in [-0.15, -0.1) is 0 Å². The first-order valence-electron chi connectivity index (χ1n) is 8.95. The molecule has 5 heteroatoms. The molecule has 1 aliphatic heterocycles. The van der Waals surface area contributed by atoms with Crippen molar-refractivity contribution in [2.75, 3.05) is 6.61 Å². The lowest BCUT2D eigenvalue weighted by molar-refractivity contribution is -0.135. The summed E-state index contributed by atoms with van der Waals surface area (Å²) < 4.78 is 5.44. The molecule has 5 nitrogen and oxygen atoms in total. The predicted molar refractivity (Wildman–Crippen MR) is 95.3 cm³/mol. The second kappa shape index (κ2) is 6.92. The highest BCUT2D eigenvalue weighted by molar-refractivity contribution is 5.95. The van der Waals surface area contributed by atoms with Crippen molar-refractivity contribution in [2.45, 2.75) is 31.4 Å². The van der Waals surface area contributed by atoms with Gasteiger partial charge < -0.3 is 9.84 Å². The van der Waals surface area contributed by atoms with Crippen molar-refractivity contribution >= 4 is 12.0 Å². The zero-order valence-electron chi connectivity index (χ0n) is 14.4. The van der Waals surface area contributed by atoms with E-state index in [0.29, 0.717) is 19.3 Å². The van der Waals surface area contributed by atoms with Crippen molar-refractivity contribution in [3.05, 3.63) is 71.3 Å². The second-order valence-electron chi connectivity index (χ2n) is 6.88. The fourth-order valence-electron chi connectivity index (χ4n) is 3.95. The maximum absolute atomic E-state index is 13.0. The van der Waals surface area contributed by atoms with Crippen LogP contribution in [0.4, 0.5) is 4.79 Å². The highest BCUT2D eigenvalue weighted by Crippen LogP contribution is 2.43. The molecule has 0 bridgehead atoms. The van der Waals surface area contributed by atoms with Gasteiger partial charge in [-0.05, 0) is 29.5 Å². The average molecular weight is 351 g/mol. The summed E-state index contributed by atoms with van der Waals surface area (Å²) in [6.45, 7) is -0.283. The minimum atomic E-state index is -0.616. The molecule has 1 fully saturated rings. The molecule has 1 heterocycles. The normalized spacial score (nSPS) is 21.9. The third-order valence-electron chi connectivity index (χ3n) is 5.31. The molecule has 2 aromatic carbocycles. The number of hydrogen-bond donors (Lipinski definition) is 1. The quantitative estimate of drug-likeness (QED) is 0.899. The zero-order chi connectivity index (χ0) is 18.1. The summed E-state index contributed by atoms with van der Waals surface area (Å²) in [5, 5.41) is 9.76. The first-order chi connectivity index (χ1) is 12.7. The monoisotopic (exact) mass is 351 g/mol. The van der Waals surface area contributed by atoms with E-state index in [1.807, 2.05) is 54.6 Å². The minimum Gasteiger partial charge on any atom is -0.443 e. The van der Waals surface area contributed by atoms with Crippen molar-refractivity contribution in [1.82, 2.24) is 4.90 Å². The van der Waals surface area contributed by atoms with Crippen LogP contribution in [0.25, 0.3) is 0 Å². The van der Waals surface area contributed by atoms with E-state index in [-0.39, 0.29) is 24.7 Å². The predicted octanol–water partition coefficient (Wildman–Crippen LogP) is 2.87. The molecule has 0 radical (unpaired) electrons. The van der Waals surface area contributed by atoms with Gasteiger partial charge in [-0.3, -0.25) is 4.79 Å². The largest absolute Gasteiger partial charge is 0.443 e. The summed E-state index contributed by atoms with van der Waals surface area (Å²) in [5.41, 5.74) is 3.18. The number of carbonyl (C=O) groups is 2. The molecular formula is C21H21NO4. The van der Waals surface area contributed by atoms with E-state index in [0.717, 1.165) is 16.7 Å². The van der Waals surface area contributed by atoms with Crippen molar-refractivity contribution in [3.63, 3.8) is 0 Å². The average Bonchev–Trinajstić information content (AvgIpc) is 3.17. The highest BCUT2D eigenvalue weighted by Gasteiger charge is 2.51. The summed E-state index contributed by atoms with van der Waals surface area (Å²) in [5.74, 6) is -0.966. The molecular weight excluding hydrogens is 330 g/mol. The molecule has 0 spiro atoms. The molecule has 1 N–H and O–H groups in total. The van der Waals surface area contributed by atoms with E-state index >= 15 is 0 Å². The van der Waals surface area contributed by atoms with Crippen LogP contribution in [0.3, 0.4) is 0 Å². The minimum absolute atomic E-state index is 0.283. The molecule has 2 amide bonds. The fourth-order valence-corrected chi connectivity index (χ4v) is 3.95. The number of aliphatic hydroxyl groups excluding tert-OH is 1. The summed E-state index contributed by atoms with van der Waals surface area (Å²) in [6, 6.07) is 17.2. The van der Waals surface area contributed by atoms with E-state index < -0.39 is 12.0 Å². The molecule has 0 unspecified atom stereocenters. The van der Waals surface area contributed by atoms with E-state index in [9.17, 15) is 14.7 Å². The Hall–Kier alpha value is -2.66. The van der Waals surface area contributed by atoms with Crippen LogP contribution in [0.2, 0.25) is 0 Å². The number of hydrogen-bond acceptors (Lipinski definition) is 4. The van der Waals surface area contributed by atoms with E-state index in [1.165, 1.54) is 4.90 Å². The van der Waals surface area contributed by atoms with E-state index in [1.54, 1.807) is 0 Å². The number of aliphatic hydroxyl groups is 1. The molecule has 4 rings (SSSR count). The van der Waals surface area contributed by atoms with Gasteiger partial charge in [-0.1, -0.05) is 54.6 Å². The number of nitrogens with zero attached hydrogens (tertiary/aromatic N) is 1. The van der Waals surface area contributed by atoms with Crippen LogP contribution < -0.4 is 0 Å². The van der Waals surface area contributed by atoms with Crippen LogP contribution in [-0.2, 0) is 22.4 Å². The number of amides is 2. The van der Waals surface area contributed by atoms with Crippen LogP contribution in [-0.4, -0.2) is 34.7 Å². The lowest BCUT2D eigenvalue weighted by Gasteiger charge is -2.24. The van der Waals surface area contributed by atoms with Gasteiger partial charge in [0.05, 0.1) is 12.5 Å². The van der Waals surface area contributed by atoms with Gasteiger partial charge in [-0.2, -0.15) is 0 Å². The lowest BCUT2D eigenvalue weighted by atomic mass is 9.97. The molecule has 1 saturated heterocycles. The number of imide groups is 1. The van der Waals surface area contributed by atoms with Crippen LogP contribution in [0.5, 0.6) is 0 Å². The number of ether oxygens (including phenoxy) is 1. The number of fused-ring (bicyclic) bond motifs is 3. The van der Waals surface area contributed by atoms with Gasteiger partial charge >= 0.3 is 6.09 Å². The Morgan fingerprint density at radius 1 is 1.15 bits per heavy atom. The Balaban J connectivity index is 1.53. The third-order valence-corrected chi connectivity index (χ3v) is 5.31. The summed E-state index contributed by atoms with van der Waals surface area (Å²) in [4.78, 5) is 26.6. The smallest absolute Gasteiger partial charge is 0.417 e. The number of benzene rings is 2. The molecule has 3 atom stereocenters. The maximum Gasteiger partial charge on any atom is 0.417 e. The Labute approximate surface area is 152 Å². The van der Waals surface area contributed by atoms with Gasteiger partial charge in [0.15, 0.2) is 0 Å². The highest BCUT2D eigenvalue weighted by atomic mass is 16.6. The Kier molecular flexibility index (Phi) is 4.47. The zero-order valence-corrected chi connectivity index (χ0v) is 14.4. The molecule has 2 aliphatic rings. The van der Waals surface area contributed by atoms with Gasteiger partial charge in [0.2, 0.25) is 5.91 Å². The number of aryl methyl sites for hydroxylation is 1. The molecule has 26 heavy (non-hydrogen) atoms. The van der Waals surface area contributed by atoms with Gasteiger partial charge in [0.25, 0.3) is 0 Å². The summed E-state index contributed by atoms with van der Waals surface area (Å²) in [7, 11) is 0. The third kappa shape index (κ3) is 2.88. The molecule has 0 aromatic heterocycles. The number of rotatable bonds is 5. The Morgan fingerprint density at radius 3 is 2.65 bits per heavy atom. The molecule has 0 saturated carbocycles. The van der Waals surface area contributed by atoms with Gasteiger partial charge in [0, 0.05) is 6.42 Å². The van der Waals surface area contributed by atoms with Gasteiger partial charge in [0.1, 0.15) is 12.1 Å². The van der Waals surface area contributed by atoms with Crippen LogP contribution in [0.15, 0.2) is 54.6 Å². The SMILES string of the molecule is O=C1O[C@H]2Cc3ccccc3[C@H]2N1C(=O)[C@H](CO)CCc1ccccc1. The summed E-state index contributed by atoms with van der Waals surface area (Å²) in [6.07, 6.45) is 0.868. The fraction of sp³-hybridized carbons (Fsp3) is 0.333. The van der Waals surface area contributed by atoms with Crippen LogP contribution in [0, 0.1) is 5.92 Å². The Bertz CT molecular complexity index is 820. The number of carbonyl (C=O) groups excluding carboxylic acids is 2. The van der Waals surface area contributed by atoms with E-state index in [2.05, 4.69) is 0 Å². The van der Waals surface area contributed by atoms with Crippen LogP contribution >= 0.6 is 0 Å². The molecule has 2 aromatic rings. The summed E-state index contributed by atoms with van der Waals surface area (Å²) >= 11 is 0. The first-order valence-corrected chi connectivity index (χ1v) is 8.95. The topological polar surface area (TPSA) is 66.8 Å². The van der Waals surface area contributed by atoms with Crippen LogP contribution in [0.1, 0.15) is 29.2 Å². The second-order valence-corrected chi connectivity index (χ2v) is 6.88.